The highest BCUT2D eigenvalue weighted by atomic mass is 35.5. The predicted octanol–water partition coefficient (Wildman–Crippen LogP) is 1.69. The number of non-ortho nitro benzene ring substituents is 1. The summed E-state index contributed by atoms with van der Waals surface area (Å²) in [5.41, 5.74) is 5.03. The summed E-state index contributed by atoms with van der Waals surface area (Å²) in [6, 6.07) is 3.84. The van der Waals surface area contributed by atoms with Gasteiger partial charge in [0.1, 0.15) is 5.54 Å². The van der Waals surface area contributed by atoms with Crippen LogP contribution in [0.15, 0.2) is 18.2 Å². The van der Waals surface area contributed by atoms with Gasteiger partial charge in [0.25, 0.3) is 5.69 Å². The third-order valence-electron chi connectivity index (χ3n) is 3.25. The van der Waals surface area contributed by atoms with Gasteiger partial charge in [-0.3, -0.25) is 14.9 Å². The van der Waals surface area contributed by atoms with Crippen LogP contribution >= 0.6 is 11.6 Å². The molecule has 7 nitrogen and oxygen atoms in total. The zero-order chi connectivity index (χ0) is 14.8. The third-order valence-corrected chi connectivity index (χ3v) is 3.58. The van der Waals surface area contributed by atoms with E-state index in [1.54, 1.807) is 0 Å². The molecule has 0 spiro atoms. The Balaban J connectivity index is 2.18. The van der Waals surface area contributed by atoms with Crippen molar-refractivity contribution in [2.75, 3.05) is 18.5 Å². The summed E-state index contributed by atoms with van der Waals surface area (Å²) >= 11 is 5.93. The Morgan fingerprint density at radius 2 is 2.10 bits per heavy atom. The SMILES string of the molecule is NC1(C(=O)Nc2cc([N+](=O)[O-])ccc2Cl)CCOCC1. The molecule has 0 atom stereocenters. The quantitative estimate of drug-likeness (QED) is 0.652. The van der Waals surface area contributed by atoms with Gasteiger partial charge in [0, 0.05) is 25.3 Å². The second-order valence-corrected chi connectivity index (χ2v) is 5.05. The van der Waals surface area contributed by atoms with Crippen molar-refractivity contribution in [1.82, 2.24) is 0 Å². The van der Waals surface area contributed by atoms with E-state index in [0.717, 1.165) is 0 Å². The van der Waals surface area contributed by atoms with Crippen LogP contribution in [-0.2, 0) is 9.53 Å². The Hall–Kier alpha value is -1.70. The van der Waals surface area contributed by atoms with Crippen molar-refractivity contribution >= 4 is 28.9 Å². The molecule has 1 saturated heterocycles. The minimum atomic E-state index is -1.04. The highest BCUT2D eigenvalue weighted by Gasteiger charge is 2.36. The molecule has 1 aliphatic rings. The number of nitrogens with two attached hydrogens (primary N) is 1. The molecule has 0 aliphatic carbocycles. The average molecular weight is 300 g/mol. The molecule has 1 amide bonds. The number of nitrogens with one attached hydrogen (secondary N) is 1. The highest BCUT2D eigenvalue weighted by molar-refractivity contribution is 6.33. The molecule has 1 aromatic rings. The summed E-state index contributed by atoms with van der Waals surface area (Å²) in [6.07, 6.45) is 0.788. The highest BCUT2D eigenvalue weighted by Crippen LogP contribution is 2.28. The normalized spacial score (nSPS) is 17.5. The summed E-state index contributed by atoms with van der Waals surface area (Å²) in [7, 11) is 0. The minimum Gasteiger partial charge on any atom is -0.381 e. The summed E-state index contributed by atoms with van der Waals surface area (Å²) in [4.78, 5) is 22.4. The molecule has 0 aromatic heterocycles. The van der Waals surface area contributed by atoms with Crippen molar-refractivity contribution in [3.8, 4) is 0 Å². The molecule has 1 aliphatic heterocycles. The number of rotatable bonds is 3. The van der Waals surface area contributed by atoms with Gasteiger partial charge < -0.3 is 15.8 Å². The van der Waals surface area contributed by atoms with Crippen molar-refractivity contribution in [2.24, 2.45) is 5.73 Å². The number of nitro groups is 1. The van der Waals surface area contributed by atoms with Crippen LogP contribution in [0.1, 0.15) is 12.8 Å². The molecule has 20 heavy (non-hydrogen) atoms. The second-order valence-electron chi connectivity index (χ2n) is 4.64. The van der Waals surface area contributed by atoms with Crippen molar-refractivity contribution in [3.05, 3.63) is 33.3 Å². The number of halogens is 1. The fourth-order valence-corrected chi connectivity index (χ4v) is 2.10. The fourth-order valence-electron chi connectivity index (χ4n) is 1.93. The van der Waals surface area contributed by atoms with Crippen LogP contribution in [0.2, 0.25) is 5.02 Å². The lowest BCUT2D eigenvalue weighted by molar-refractivity contribution is -0.384. The summed E-state index contributed by atoms with van der Waals surface area (Å²) < 4.78 is 5.16. The van der Waals surface area contributed by atoms with E-state index in [4.69, 9.17) is 22.1 Å². The average Bonchev–Trinajstić information content (AvgIpc) is 2.41. The zero-order valence-electron chi connectivity index (χ0n) is 10.6. The fraction of sp³-hybridized carbons (Fsp3) is 0.417. The Labute approximate surface area is 120 Å². The summed E-state index contributed by atoms with van der Waals surface area (Å²) in [5, 5.41) is 13.5. The zero-order valence-corrected chi connectivity index (χ0v) is 11.4. The van der Waals surface area contributed by atoms with Gasteiger partial charge in [0.05, 0.1) is 15.6 Å². The number of carbonyl (C=O) groups is 1. The van der Waals surface area contributed by atoms with E-state index in [2.05, 4.69) is 5.32 Å². The number of amides is 1. The van der Waals surface area contributed by atoms with Crippen molar-refractivity contribution < 1.29 is 14.5 Å². The minimum absolute atomic E-state index is 0.150. The van der Waals surface area contributed by atoms with Gasteiger partial charge in [-0.2, -0.15) is 0 Å². The smallest absolute Gasteiger partial charge is 0.271 e. The van der Waals surface area contributed by atoms with E-state index in [0.29, 0.717) is 26.1 Å². The maximum Gasteiger partial charge on any atom is 0.271 e. The van der Waals surface area contributed by atoms with Crippen LogP contribution in [0.3, 0.4) is 0 Å². The van der Waals surface area contributed by atoms with Gasteiger partial charge in [-0.1, -0.05) is 11.6 Å². The molecule has 1 aromatic carbocycles. The predicted molar refractivity (Wildman–Crippen MR) is 73.7 cm³/mol. The van der Waals surface area contributed by atoms with E-state index in [-0.39, 0.29) is 16.4 Å². The first-order valence-corrected chi connectivity index (χ1v) is 6.42. The van der Waals surface area contributed by atoms with Crippen molar-refractivity contribution in [2.45, 2.75) is 18.4 Å². The molecule has 0 radical (unpaired) electrons. The lowest BCUT2D eigenvalue weighted by Crippen LogP contribution is -2.54. The van der Waals surface area contributed by atoms with Gasteiger partial charge in [-0.25, -0.2) is 0 Å². The van der Waals surface area contributed by atoms with Crippen molar-refractivity contribution in [3.63, 3.8) is 0 Å². The Morgan fingerprint density at radius 3 is 2.70 bits per heavy atom. The largest absolute Gasteiger partial charge is 0.381 e. The molecule has 1 fully saturated rings. The van der Waals surface area contributed by atoms with Crippen LogP contribution in [0.5, 0.6) is 0 Å². The molecule has 0 bridgehead atoms. The van der Waals surface area contributed by atoms with Gasteiger partial charge in [-0.05, 0) is 18.9 Å². The first kappa shape index (κ1) is 14.7. The maximum atomic E-state index is 12.2. The molecular formula is C12H14ClN3O4. The molecule has 3 N–H and O–H groups in total. The van der Waals surface area contributed by atoms with Crippen LogP contribution in [0, 0.1) is 10.1 Å². The molecule has 108 valence electrons. The number of nitrogens with zero attached hydrogens (tertiary/aromatic N) is 1. The number of hydrogen-bond acceptors (Lipinski definition) is 5. The lowest BCUT2D eigenvalue weighted by Gasteiger charge is -2.31. The van der Waals surface area contributed by atoms with Crippen LogP contribution in [0.25, 0.3) is 0 Å². The van der Waals surface area contributed by atoms with E-state index in [1.807, 2.05) is 0 Å². The van der Waals surface area contributed by atoms with Crippen molar-refractivity contribution in [1.29, 1.82) is 0 Å². The van der Waals surface area contributed by atoms with Gasteiger partial charge in [0.2, 0.25) is 5.91 Å². The summed E-state index contributed by atoms with van der Waals surface area (Å²) in [6.45, 7) is 0.819. The first-order chi connectivity index (χ1) is 9.42. The molecule has 0 saturated carbocycles. The molecule has 2 rings (SSSR count). The summed E-state index contributed by atoms with van der Waals surface area (Å²) in [5.74, 6) is -0.414. The van der Waals surface area contributed by atoms with E-state index in [1.165, 1.54) is 18.2 Å². The lowest BCUT2D eigenvalue weighted by atomic mass is 9.90. The number of carbonyl (C=O) groups excluding carboxylic acids is 1. The van der Waals surface area contributed by atoms with E-state index in [9.17, 15) is 14.9 Å². The van der Waals surface area contributed by atoms with Gasteiger partial charge in [-0.15, -0.1) is 0 Å². The van der Waals surface area contributed by atoms with Gasteiger partial charge >= 0.3 is 0 Å². The molecule has 1 heterocycles. The van der Waals surface area contributed by atoms with E-state index >= 15 is 0 Å². The van der Waals surface area contributed by atoms with Gasteiger partial charge in [0.15, 0.2) is 0 Å². The molecule has 0 unspecified atom stereocenters. The Morgan fingerprint density at radius 1 is 1.45 bits per heavy atom. The maximum absolute atomic E-state index is 12.2. The topological polar surface area (TPSA) is 107 Å². The first-order valence-electron chi connectivity index (χ1n) is 6.04. The monoisotopic (exact) mass is 299 g/mol. The number of ether oxygens (including phenoxy) is 1. The third kappa shape index (κ3) is 3.06. The van der Waals surface area contributed by atoms with Crippen LogP contribution < -0.4 is 11.1 Å². The van der Waals surface area contributed by atoms with E-state index < -0.39 is 16.4 Å². The Kier molecular flexibility index (Phi) is 4.22. The Bertz CT molecular complexity index is 544. The molecular weight excluding hydrogens is 286 g/mol. The van der Waals surface area contributed by atoms with Crippen LogP contribution in [0.4, 0.5) is 11.4 Å². The number of anilines is 1. The second kappa shape index (κ2) is 5.74. The number of hydrogen-bond donors (Lipinski definition) is 2. The number of nitro benzene ring substituents is 1. The standard InChI is InChI=1S/C12H14ClN3O4/c13-9-2-1-8(16(18)19)7-10(9)15-11(17)12(14)3-5-20-6-4-12/h1-2,7H,3-6,14H2,(H,15,17). The van der Waals surface area contributed by atoms with Crippen LogP contribution in [-0.4, -0.2) is 29.6 Å². The number of benzene rings is 1. The molecule has 8 heteroatoms.